The quantitative estimate of drug-likeness (QED) is 0.523. The first-order valence-electron chi connectivity index (χ1n) is 10.2. The topological polar surface area (TPSA) is 111 Å². The summed E-state index contributed by atoms with van der Waals surface area (Å²) in [5, 5.41) is 25.6. The molecule has 1 aromatic carbocycles. The standard InChI is InChI=1S/C24H23N5O2.ClH/c25-16-24(10-7-20(30)14-24)18-3-5-19(6-4-18)29-23(31)21-2-1-11-27-22(21)28-15-17-8-12-26-13-9-17;/h1-6,8-9,11-13,20,30H,7,10,14-15H2,(H,27,28)(H,29,31);1H/t20-,24?;/m1./s1. The molecule has 2 aromatic heterocycles. The average Bonchev–Trinajstić information content (AvgIpc) is 3.21. The van der Waals surface area contributed by atoms with Crippen LogP contribution in [-0.4, -0.2) is 27.1 Å². The molecular formula is C24H24ClN5O2. The summed E-state index contributed by atoms with van der Waals surface area (Å²) in [6.07, 6.45) is 6.34. The van der Waals surface area contributed by atoms with Crippen molar-refractivity contribution in [2.45, 2.75) is 37.3 Å². The van der Waals surface area contributed by atoms with E-state index >= 15 is 0 Å². The summed E-state index contributed by atoms with van der Waals surface area (Å²) in [5.74, 6) is 0.223. The zero-order valence-corrected chi connectivity index (χ0v) is 18.2. The summed E-state index contributed by atoms with van der Waals surface area (Å²) < 4.78 is 0. The number of pyridine rings is 2. The van der Waals surface area contributed by atoms with Crippen LogP contribution in [0.25, 0.3) is 0 Å². The van der Waals surface area contributed by atoms with Gasteiger partial charge in [0.2, 0.25) is 0 Å². The van der Waals surface area contributed by atoms with E-state index in [1.54, 1.807) is 42.9 Å². The molecule has 3 aromatic rings. The van der Waals surface area contributed by atoms with E-state index in [4.69, 9.17) is 0 Å². The molecule has 3 N–H and O–H groups in total. The predicted molar refractivity (Wildman–Crippen MR) is 125 cm³/mol. The third kappa shape index (κ3) is 5.05. The van der Waals surface area contributed by atoms with Crippen molar-refractivity contribution in [3.63, 3.8) is 0 Å². The highest BCUT2D eigenvalue weighted by atomic mass is 35.5. The van der Waals surface area contributed by atoms with E-state index in [2.05, 4.69) is 26.7 Å². The van der Waals surface area contributed by atoms with E-state index in [-0.39, 0.29) is 18.3 Å². The molecule has 8 heteroatoms. The van der Waals surface area contributed by atoms with Gasteiger partial charge in [-0.2, -0.15) is 5.26 Å². The predicted octanol–water partition coefficient (Wildman–Crippen LogP) is 4.07. The van der Waals surface area contributed by atoms with Gasteiger partial charge in [0.25, 0.3) is 5.91 Å². The average molecular weight is 450 g/mol. The highest BCUT2D eigenvalue weighted by Crippen LogP contribution is 2.41. The second kappa shape index (κ2) is 10.2. The van der Waals surface area contributed by atoms with Gasteiger partial charge >= 0.3 is 0 Å². The van der Waals surface area contributed by atoms with Crippen molar-refractivity contribution in [2.75, 3.05) is 10.6 Å². The molecule has 0 aliphatic heterocycles. The Morgan fingerprint density at radius 1 is 1.16 bits per heavy atom. The third-order valence-electron chi connectivity index (χ3n) is 5.66. The maximum absolute atomic E-state index is 12.9. The number of carbonyl (C=O) groups is 1. The van der Waals surface area contributed by atoms with Crippen LogP contribution < -0.4 is 10.6 Å². The molecular weight excluding hydrogens is 426 g/mol. The second-order valence-corrected chi connectivity index (χ2v) is 7.73. The first kappa shape index (κ1) is 23.2. The number of aliphatic hydroxyl groups is 1. The molecule has 2 atom stereocenters. The maximum atomic E-state index is 12.9. The van der Waals surface area contributed by atoms with E-state index in [1.165, 1.54) is 0 Å². The molecule has 2 heterocycles. The van der Waals surface area contributed by atoms with Crippen molar-refractivity contribution >= 4 is 29.8 Å². The summed E-state index contributed by atoms with van der Waals surface area (Å²) in [5.41, 5.74) is 2.31. The Labute approximate surface area is 192 Å². The van der Waals surface area contributed by atoms with Gasteiger partial charge in [-0.05, 0) is 66.8 Å². The molecule has 1 amide bonds. The molecule has 1 fully saturated rings. The molecule has 1 unspecified atom stereocenters. The number of nitrogens with one attached hydrogen (secondary N) is 2. The van der Waals surface area contributed by atoms with Crippen LogP contribution in [0.3, 0.4) is 0 Å². The number of carbonyl (C=O) groups excluding carboxylic acids is 1. The molecule has 0 bridgehead atoms. The number of anilines is 2. The monoisotopic (exact) mass is 449 g/mol. The summed E-state index contributed by atoms with van der Waals surface area (Å²) in [6.45, 7) is 0.524. The van der Waals surface area contributed by atoms with Crippen molar-refractivity contribution in [2.24, 2.45) is 0 Å². The van der Waals surface area contributed by atoms with Crippen LogP contribution in [0.5, 0.6) is 0 Å². The Bertz CT molecular complexity index is 1100. The van der Waals surface area contributed by atoms with E-state index in [0.29, 0.717) is 42.9 Å². The molecule has 7 nitrogen and oxygen atoms in total. The van der Waals surface area contributed by atoms with Gasteiger partial charge in [0.15, 0.2) is 0 Å². The molecule has 1 aliphatic carbocycles. The molecule has 1 aliphatic rings. The van der Waals surface area contributed by atoms with Gasteiger partial charge in [-0.1, -0.05) is 12.1 Å². The van der Waals surface area contributed by atoms with Crippen molar-refractivity contribution in [1.29, 1.82) is 5.26 Å². The molecule has 0 radical (unpaired) electrons. The van der Waals surface area contributed by atoms with Gasteiger partial charge in [-0.3, -0.25) is 9.78 Å². The fourth-order valence-electron chi connectivity index (χ4n) is 3.93. The van der Waals surface area contributed by atoms with Gasteiger partial charge in [0.05, 0.1) is 23.2 Å². The first-order valence-corrected chi connectivity index (χ1v) is 10.2. The Kier molecular flexibility index (Phi) is 7.41. The minimum atomic E-state index is -0.657. The van der Waals surface area contributed by atoms with E-state index in [1.807, 2.05) is 24.3 Å². The van der Waals surface area contributed by atoms with Crippen LogP contribution in [0.1, 0.15) is 40.7 Å². The smallest absolute Gasteiger partial charge is 0.259 e. The minimum Gasteiger partial charge on any atom is -0.393 e. The maximum Gasteiger partial charge on any atom is 0.259 e. The SMILES string of the molecule is Cl.N#CC1(c2ccc(NC(=O)c3cccnc3NCc3ccncc3)cc2)CC[C@@H](O)C1. The number of halogens is 1. The van der Waals surface area contributed by atoms with Crippen LogP contribution in [-0.2, 0) is 12.0 Å². The van der Waals surface area contributed by atoms with E-state index in [0.717, 1.165) is 11.1 Å². The normalized spacial score (nSPS) is 19.4. The minimum absolute atomic E-state index is 0. The summed E-state index contributed by atoms with van der Waals surface area (Å²) in [6, 6.07) is 16.9. The Morgan fingerprint density at radius 2 is 1.91 bits per heavy atom. The fraction of sp³-hybridized carbons (Fsp3) is 0.250. The highest BCUT2D eigenvalue weighted by Gasteiger charge is 2.40. The van der Waals surface area contributed by atoms with Gasteiger partial charge < -0.3 is 15.7 Å². The van der Waals surface area contributed by atoms with E-state index < -0.39 is 11.5 Å². The zero-order valence-electron chi connectivity index (χ0n) is 17.4. The van der Waals surface area contributed by atoms with Crippen LogP contribution in [0, 0.1) is 11.3 Å². The number of benzene rings is 1. The number of nitrogens with zero attached hydrogens (tertiary/aromatic N) is 3. The first-order chi connectivity index (χ1) is 15.1. The van der Waals surface area contributed by atoms with E-state index in [9.17, 15) is 15.2 Å². The number of hydrogen-bond donors (Lipinski definition) is 3. The van der Waals surface area contributed by atoms with Crippen LogP contribution >= 0.6 is 12.4 Å². The number of rotatable bonds is 6. The van der Waals surface area contributed by atoms with Crippen molar-refractivity contribution < 1.29 is 9.90 Å². The number of aromatic nitrogens is 2. The lowest BCUT2D eigenvalue weighted by molar-refractivity contribution is 0.102. The zero-order chi connectivity index (χ0) is 21.7. The van der Waals surface area contributed by atoms with Gasteiger partial charge in [-0.15, -0.1) is 12.4 Å². The Hall–Kier alpha value is -3.47. The number of nitriles is 1. The summed E-state index contributed by atoms with van der Waals surface area (Å²) >= 11 is 0. The van der Waals surface area contributed by atoms with Crippen LogP contribution in [0.15, 0.2) is 67.1 Å². The van der Waals surface area contributed by atoms with Gasteiger partial charge in [0.1, 0.15) is 5.82 Å². The van der Waals surface area contributed by atoms with Crippen molar-refractivity contribution in [3.05, 3.63) is 83.8 Å². The third-order valence-corrected chi connectivity index (χ3v) is 5.66. The van der Waals surface area contributed by atoms with Gasteiger partial charge in [-0.25, -0.2) is 4.98 Å². The highest BCUT2D eigenvalue weighted by molar-refractivity contribution is 6.07. The number of hydrogen-bond acceptors (Lipinski definition) is 6. The molecule has 4 rings (SSSR count). The summed E-state index contributed by atoms with van der Waals surface area (Å²) in [4.78, 5) is 21.2. The molecule has 32 heavy (non-hydrogen) atoms. The Balaban J connectivity index is 0.00000289. The fourth-order valence-corrected chi connectivity index (χ4v) is 3.93. The second-order valence-electron chi connectivity index (χ2n) is 7.73. The van der Waals surface area contributed by atoms with Gasteiger partial charge in [0, 0.05) is 30.8 Å². The van der Waals surface area contributed by atoms with Crippen LogP contribution in [0.2, 0.25) is 0 Å². The molecule has 1 saturated carbocycles. The Morgan fingerprint density at radius 3 is 2.56 bits per heavy atom. The molecule has 164 valence electrons. The lowest BCUT2D eigenvalue weighted by Gasteiger charge is -2.21. The lowest BCUT2D eigenvalue weighted by atomic mass is 9.80. The number of aliphatic hydroxyl groups excluding tert-OH is 1. The largest absolute Gasteiger partial charge is 0.393 e. The molecule has 0 saturated heterocycles. The number of amides is 1. The molecule has 0 spiro atoms. The summed E-state index contributed by atoms with van der Waals surface area (Å²) in [7, 11) is 0. The van der Waals surface area contributed by atoms with Crippen molar-refractivity contribution in [1.82, 2.24) is 9.97 Å². The lowest BCUT2D eigenvalue weighted by Crippen LogP contribution is -2.21. The van der Waals surface area contributed by atoms with Crippen molar-refractivity contribution in [3.8, 4) is 6.07 Å². The van der Waals surface area contributed by atoms with Crippen LogP contribution in [0.4, 0.5) is 11.5 Å².